The van der Waals surface area contributed by atoms with Crippen LogP contribution in [0, 0.1) is 20.8 Å². The lowest BCUT2D eigenvalue weighted by atomic mass is 9.91. The van der Waals surface area contributed by atoms with Gasteiger partial charge in [-0.15, -0.1) is 0 Å². The normalized spacial score (nSPS) is 15.7. The van der Waals surface area contributed by atoms with Crippen LogP contribution in [0.5, 0.6) is 17.2 Å². The predicted octanol–water partition coefficient (Wildman–Crippen LogP) is 7.78. The Morgan fingerprint density at radius 2 is 1.67 bits per heavy atom. The number of aryl methyl sites for hydroxylation is 4. The van der Waals surface area contributed by atoms with Crippen LogP contribution in [0.15, 0.2) is 54.6 Å². The highest BCUT2D eigenvalue weighted by atomic mass is 16.5. The lowest BCUT2D eigenvalue weighted by Gasteiger charge is -2.37. The molecule has 0 spiro atoms. The van der Waals surface area contributed by atoms with Gasteiger partial charge in [0.15, 0.2) is 17.3 Å². The first-order valence-electron chi connectivity index (χ1n) is 17.1. The molecule has 1 unspecified atom stereocenters. The smallest absolute Gasteiger partial charge is 0.329 e. The van der Waals surface area contributed by atoms with E-state index in [0.717, 1.165) is 35.1 Å². The third kappa shape index (κ3) is 8.97. The molecule has 0 bridgehead atoms. The van der Waals surface area contributed by atoms with Crippen LogP contribution in [-0.2, 0) is 25.5 Å². The highest BCUT2D eigenvalue weighted by Crippen LogP contribution is 2.37. The number of nitrogens with zero attached hydrogens (tertiary/aromatic N) is 1. The second-order valence-corrected chi connectivity index (χ2v) is 12.7. The van der Waals surface area contributed by atoms with Crippen LogP contribution in [0.4, 0.5) is 0 Å². The maximum Gasteiger partial charge on any atom is 0.329 e. The average molecular weight is 658 g/mol. The Hall–Kier alpha value is -4.33. The number of ketones is 1. The fraction of sp³-hybridized carbons (Fsp3) is 0.475. The van der Waals surface area contributed by atoms with E-state index in [1.807, 2.05) is 44.2 Å². The lowest BCUT2D eigenvalue weighted by molar-refractivity contribution is -0.162. The van der Waals surface area contributed by atoms with Crippen LogP contribution in [0.3, 0.4) is 0 Å². The fourth-order valence-electron chi connectivity index (χ4n) is 6.42. The number of carbonyl (C=O) groups is 3. The highest BCUT2D eigenvalue weighted by molar-refractivity contribution is 5.89. The number of rotatable bonds is 15. The Labute approximate surface area is 285 Å². The van der Waals surface area contributed by atoms with Gasteiger partial charge < -0.3 is 23.8 Å². The molecule has 3 aromatic carbocycles. The molecule has 1 amide bonds. The van der Waals surface area contributed by atoms with E-state index in [1.165, 1.54) is 11.1 Å². The number of likely N-dealkylation sites (tertiary alicyclic amines) is 1. The SMILES string of the molecule is CCC(=O)COc1cccc([C@@H](CCc2ccc(C)c(C)c2)OC(=O)C2CCCCN2C(=O)[C@@H](CC)c2cc(C)c(OC)c(OC)c2)c1. The Morgan fingerprint density at radius 1 is 0.875 bits per heavy atom. The second-order valence-electron chi connectivity index (χ2n) is 12.7. The third-order valence-corrected chi connectivity index (χ3v) is 9.40. The Balaban J connectivity index is 1.59. The summed E-state index contributed by atoms with van der Waals surface area (Å²) in [6.45, 7) is 10.4. The molecule has 1 heterocycles. The molecule has 258 valence electrons. The van der Waals surface area contributed by atoms with Crippen LogP contribution < -0.4 is 14.2 Å². The summed E-state index contributed by atoms with van der Waals surface area (Å²) in [4.78, 5) is 42.0. The van der Waals surface area contributed by atoms with E-state index >= 15 is 0 Å². The molecule has 1 fully saturated rings. The van der Waals surface area contributed by atoms with Gasteiger partial charge in [0.1, 0.15) is 24.5 Å². The number of methoxy groups -OCH3 is 2. The van der Waals surface area contributed by atoms with E-state index in [-0.39, 0.29) is 18.3 Å². The van der Waals surface area contributed by atoms with E-state index in [1.54, 1.807) is 32.1 Å². The zero-order valence-electron chi connectivity index (χ0n) is 29.6. The predicted molar refractivity (Wildman–Crippen MR) is 187 cm³/mol. The van der Waals surface area contributed by atoms with E-state index in [4.69, 9.17) is 18.9 Å². The van der Waals surface area contributed by atoms with Gasteiger partial charge in [0.05, 0.1) is 20.1 Å². The summed E-state index contributed by atoms with van der Waals surface area (Å²) in [5.41, 5.74) is 6.09. The van der Waals surface area contributed by atoms with Crippen LogP contribution in [0.25, 0.3) is 0 Å². The van der Waals surface area contributed by atoms with Crippen LogP contribution in [0.1, 0.15) is 97.8 Å². The van der Waals surface area contributed by atoms with E-state index in [0.29, 0.717) is 55.9 Å². The van der Waals surface area contributed by atoms with E-state index < -0.39 is 24.0 Å². The first-order chi connectivity index (χ1) is 23.1. The summed E-state index contributed by atoms with van der Waals surface area (Å²) in [5.74, 6) is 0.830. The number of benzene rings is 3. The Morgan fingerprint density at radius 3 is 2.35 bits per heavy atom. The molecule has 0 N–H and O–H groups in total. The topological polar surface area (TPSA) is 91.4 Å². The molecule has 0 radical (unpaired) electrons. The summed E-state index contributed by atoms with van der Waals surface area (Å²) in [6, 6.07) is 17.0. The van der Waals surface area contributed by atoms with Crippen molar-refractivity contribution >= 4 is 17.7 Å². The van der Waals surface area contributed by atoms with Gasteiger partial charge in [0.2, 0.25) is 5.91 Å². The number of hydrogen-bond acceptors (Lipinski definition) is 7. The van der Waals surface area contributed by atoms with Gasteiger partial charge in [-0.05, 0) is 111 Å². The average Bonchev–Trinajstić information content (AvgIpc) is 3.10. The van der Waals surface area contributed by atoms with Gasteiger partial charge in [-0.25, -0.2) is 4.79 Å². The Bertz CT molecular complexity index is 1580. The maximum absolute atomic E-state index is 14.2. The number of amides is 1. The monoisotopic (exact) mass is 657 g/mol. The van der Waals surface area contributed by atoms with Crippen molar-refractivity contribution < 1.29 is 33.3 Å². The minimum absolute atomic E-state index is 0.00815. The van der Waals surface area contributed by atoms with Crippen molar-refractivity contribution in [3.8, 4) is 17.2 Å². The molecule has 0 aromatic heterocycles. The van der Waals surface area contributed by atoms with E-state index in [2.05, 4.69) is 32.0 Å². The molecule has 3 aromatic rings. The summed E-state index contributed by atoms with van der Waals surface area (Å²) < 4.78 is 23.2. The van der Waals surface area contributed by atoms with Crippen LogP contribution >= 0.6 is 0 Å². The van der Waals surface area contributed by atoms with Crippen molar-refractivity contribution in [2.45, 2.75) is 97.6 Å². The first-order valence-corrected chi connectivity index (χ1v) is 17.1. The Kier molecular flexibility index (Phi) is 13.1. The van der Waals surface area contributed by atoms with Gasteiger partial charge in [0.25, 0.3) is 0 Å². The second kappa shape index (κ2) is 17.2. The summed E-state index contributed by atoms with van der Waals surface area (Å²) in [6.07, 6.45) is 3.84. The highest BCUT2D eigenvalue weighted by Gasteiger charge is 2.38. The zero-order valence-corrected chi connectivity index (χ0v) is 29.6. The largest absolute Gasteiger partial charge is 0.493 e. The molecule has 3 atom stereocenters. The minimum atomic E-state index is -0.688. The fourth-order valence-corrected chi connectivity index (χ4v) is 6.42. The van der Waals surface area contributed by atoms with Gasteiger partial charge in [-0.1, -0.05) is 50.2 Å². The molecule has 1 aliphatic rings. The number of esters is 1. The lowest BCUT2D eigenvalue weighted by Crippen LogP contribution is -2.50. The molecule has 8 nitrogen and oxygen atoms in total. The molecule has 1 aliphatic heterocycles. The maximum atomic E-state index is 14.2. The molecule has 4 rings (SSSR count). The van der Waals surface area contributed by atoms with Crippen molar-refractivity contribution in [3.05, 3.63) is 88.0 Å². The summed E-state index contributed by atoms with van der Waals surface area (Å²) in [7, 11) is 3.19. The third-order valence-electron chi connectivity index (χ3n) is 9.40. The number of Topliss-reactive ketones (excluding diaryl/α,β-unsaturated/α-hetero) is 1. The molecule has 0 aliphatic carbocycles. The first kappa shape index (κ1) is 36.5. The van der Waals surface area contributed by atoms with Crippen molar-refractivity contribution in [1.82, 2.24) is 4.90 Å². The molecule has 48 heavy (non-hydrogen) atoms. The standard InChI is InChI=1S/C40H51NO7/c1-8-32(42)25-47-33-14-12-13-30(23-33)36(19-18-29-17-16-26(3)27(4)21-29)48-40(44)35-15-10-11-20-41(35)39(43)34(9-2)31-22-28(5)38(46-7)37(24-31)45-6/h12-14,16-17,21-24,34-36H,8-11,15,18-20,25H2,1-7H3/t34-,35?,36+/m0/s1. The van der Waals surface area contributed by atoms with Crippen molar-refractivity contribution in [2.24, 2.45) is 0 Å². The number of hydrogen-bond donors (Lipinski definition) is 0. The van der Waals surface area contributed by atoms with Gasteiger partial charge in [-0.2, -0.15) is 0 Å². The summed E-state index contributed by atoms with van der Waals surface area (Å²) in [5, 5.41) is 0. The number of piperidine rings is 1. The van der Waals surface area contributed by atoms with Crippen molar-refractivity contribution in [2.75, 3.05) is 27.4 Å². The molecule has 8 heteroatoms. The number of ether oxygens (including phenoxy) is 4. The van der Waals surface area contributed by atoms with Crippen LogP contribution in [0.2, 0.25) is 0 Å². The molecular formula is C40H51NO7. The minimum Gasteiger partial charge on any atom is -0.493 e. The zero-order chi connectivity index (χ0) is 34.8. The molecule has 0 saturated carbocycles. The van der Waals surface area contributed by atoms with Crippen molar-refractivity contribution in [3.63, 3.8) is 0 Å². The van der Waals surface area contributed by atoms with Gasteiger partial charge >= 0.3 is 5.97 Å². The summed E-state index contributed by atoms with van der Waals surface area (Å²) >= 11 is 0. The van der Waals surface area contributed by atoms with Crippen LogP contribution in [-0.4, -0.2) is 56.0 Å². The molecule has 1 saturated heterocycles. The number of carbonyl (C=O) groups excluding carboxylic acids is 3. The van der Waals surface area contributed by atoms with Gasteiger partial charge in [-0.3, -0.25) is 9.59 Å². The van der Waals surface area contributed by atoms with E-state index in [9.17, 15) is 14.4 Å². The quantitative estimate of drug-likeness (QED) is 0.154. The molecular weight excluding hydrogens is 606 g/mol. The van der Waals surface area contributed by atoms with Gasteiger partial charge in [0, 0.05) is 13.0 Å². The van der Waals surface area contributed by atoms with Crippen molar-refractivity contribution in [1.29, 1.82) is 0 Å².